The number of nitrogens with zero attached hydrogens (tertiary/aromatic N) is 2. The SMILES string of the molecule is Cc1ccc(Oc2ccc(C#N)cc2)cc1NC(=O)Nc1cc(Oc2ccc(C#N)cc2)ccc1C. The monoisotopic (exact) mass is 474 g/mol. The summed E-state index contributed by atoms with van der Waals surface area (Å²) in [6.07, 6.45) is 0. The average molecular weight is 475 g/mol. The number of nitrogens with one attached hydrogen (secondary N) is 2. The van der Waals surface area contributed by atoms with Gasteiger partial charge in [-0.2, -0.15) is 10.5 Å². The maximum Gasteiger partial charge on any atom is 0.323 e. The molecule has 4 aromatic carbocycles. The summed E-state index contributed by atoms with van der Waals surface area (Å²) in [4.78, 5) is 12.8. The predicted octanol–water partition coefficient (Wildman–Crippen LogP) is 7.28. The minimum absolute atomic E-state index is 0.410. The number of rotatable bonds is 6. The van der Waals surface area contributed by atoms with Crippen LogP contribution in [0.1, 0.15) is 22.3 Å². The molecule has 0 aliphatic rings. The molecule has 0 fully saturated rings. The maximum atomic E-state index is 12.8. The first kappa shape index (κ1) is 23.9. The van der Waals surface area contributed by atoms with Crippen molar-refractivity contribution in [1.82, 2.24) is 0 Å². The zero-order valence-corrected chi connectivity index (χ0v) is 19.7. The molecule has 0 unspecified atom stereocenters. The van der Waals surface area contributed by atoms with E-state index < -0.39 is 6.03 Å². The Balaban J connectivity index is 1.44. The summed E-state index contributed by atoms with van der Waals surface area (Å²) >= 11 is 0. The van der Waals surface area contributed by atoms with E-state index in [0.29, 0.717) is 45.5 Å². The Kier molecular flexibility index (Phi) is 7.14. The van der Waals surface area contributed by atoms with Gasteiger partial charge in [0, 0.05) is 23.5 Å². The molecule has 36 heavy (non-hydrogen) atoms. The smallest absolute Gasteiger partial charge is 0.323 e. The van der Waals surface area contributed by atoms with Crippen LogP contribution in [0.15, 0.2) is 84.9 Å². The quantitative estimate of drug-likeness (QED) is 0.305. The fourth-order valence-electron chi connectivity index (χ4n) is 3.34. The zero-order chi connectivity index (χ0) is 25.5. The Morgan fingerprint density at radius 2 is 0.972 bits per heavy atom. The van der Waals surface area contributed by atoms with E-state index in [9.17, 15) is 4.79 Å². The highest BCUT2D eigenvalue weighted by Crippen LogP contribution is 2.29. The number of hydrogen-bond donors (Lipinski definition) is 2. The summed E-state index contributed by atoms with van der Waals surface area (Å²) in [5.41, 5.74) is 4.03. The van der Waals surface area contributed by atoms with Crippen molar-refractivity contribution in [1.29, 1.82) is 10.5 Å². The molecular weight excluding hydrogens is 452 g/mol. The predicted molar refractivity (Wildman–Crippen MR) is 137 cm³/mol. The lowest BCUT2D eigenvalue weighted by Crippen LogP contribution is -2.20. The standard InChI is InChI=1S/C29H22N4O3/c1-19-3-9-25(35-23-11-5-21(17-30)6-12-23)15-27(19)32-29(34)33-28-16-26(10-4-20(28)2)36-24-13-7-22(18-31)8-14-24/h3-16H,1-2H3,(H2,32,33,34). The molecule has 7 nitrogen and oxygen atoms in total. The highest BCUT2D eigenvalue weighted by molar-refractivity contribution is 6.00. The van der Waals surface area contributed by atoms with Crippen molar-refractivity contribution >= 4 is 17.4 Å². The van der Waals surface area contributed by atoms with Crippen LogP contribution in [0.25, 0.3) is 0 Å². The van der Waals surface area contributed by atoms with Crippen LogP contribution in [0, 0.1) is 36.5 Å². The third kappa shape index (κ3) is 5.99. The van der Waals surface area contributed by atoms with Crippen LogP contribution in [0.3, 0.4) is 0 Å². The normalized spacial score (nSPS) is 10.0. The summed E-state index contributed by atoms with van der Waals surface area (Å²) in [6.45, 7) is 3.77. The number of anilines is 2. The highest BCUT2D eigenvalue weighted by atomic mass is 16.5. The van der Waals surface area contributed by atoms with Crippen LogP contribution in [-0.2, 0) is 0 Å². The van der Waals surface area contributed by atoms with E-state index in [-0.39, 0.29) is 0 Å². The van der Waals surface area contributed by atoms with Gasteiger partial charge in [-0.15, -0.1) is 0 Å². The van der Waals surface area contributed by atoms with Crippen molar-refractivity contribution < 1.29 is 14.3 Å². The fraction of sp³-hybridized carbons (Fsp3) is 0.0690. The van der Waals surface area contributed by atoms with Crippen LogP contribution < -0.4 is 20.1 Å². The molecule has 176 valence electrons. The minimum atomic E-state index is -0.410. The Bertz CT molecular complexity index is 1370. The summed E-state index contributed by atoms with van der Waals surface area (Å²) in [7, 11) is 0. The van der Waals surface area contributed by atoms with Gasteiger partial charge in [-0.25, -0.2) is 4.79 Å². The van der Waals surface area contributed by atoms with Gasteiger partial charge in [-0.05, 0) is 85.6 Å². The number of carbonyl (C=O) groups excluding carboxylic acids is 1. The molecule has 0 saturated heterocycles. The Morgan fingerprint density at radius 1 is 0.611 bits per heavy atom. The molecule has 4 aromatic rings. The number of aryl methyl sites for hydroxylation is 2. The van der Waals surface area contributed by atoms with Crippen LogP contribution in [0.4, 0.5) is 16.2 Å². The lowest BCUT2D eigenvalue weighted by atomic mass is 10.2. The first-order valence-electron chi connectivity index (χ1n) is 11.1. The Hall–Kier alpha value is -5.27. The molecule has 0 atom stereocenters. The lowest BCUT2D eigenvalue weighted by Gasteiger charge is -2.14. The molecule has 4 rings (SSSR count). The van der Waals surface area contributed by atoms with Crippen molar-refractivity contribution in [3.8, 4) is 35.1 Å². The summed E-state index contributed by atoms with van der Waals surface area (Å²) < 4.78 is 11.7. The van der Waals surface area contributed by atoms with E-state index in [2.05, 4.69) is 22.8 Å². The number of urea groups is 1. The summed E-state index contributed by atoms with van der Waals surface area (Å²) in [5, 5.41) is 23.6. The van der Waals surface area contributed by atoms with Gasteiger partial charge in [-0.1, -0.05) is 12.1 Å². The Labute approximate surface area is 209 Å². The van der Waals surface area contributed by atoms with Crippen LogP contribution >= 0.6 is 0 Å². The zero-order valence-electron chi connectivity index (χ0n) is 19.7. The van der Waals surface area contributed by atoms with Crippen molar-refractivity contribution in [2.24, 2.45) is 0 Å². The molecule has 0 heterocycles. The maximum absolute atomic E-state index is 12.8. The molecule has 0 aliphatic carbocycles. The van der Waals surface area contributed by atoms with Crippen molar-refractivity contribution in [2.75, 3.05) is 10.6 Å². The van der Waals surface area contributed by atoms with Crippen LogP contribution in [-0.4, -0.2) is 6.03 Å². The molecule has 0 aliphatic heterocycles. The minimum Gasteiger partial charge on any atom is -0.457 e. The number of benzene rings is 4. The van der Waals surface area contributed by atoms with Gasteiger partial charge in [0.15, 0.2) is 0 Å². The largest absolute Gasteiger partial charge is 0.457 e. The second kappa shape index (κ2) is 10.8. The molecule has 0 saturated carbocycles. The van der Waals surface area contributed by atoms with Crippen LogP contribution in [0.2, 0.25) is 0 Å². The number of nitriles is 2. The van der Waals surface area contributed by atoms with E-state index in [1.165, 1.54) is 0 Å². The lowest BCUT2D eigenvalue weighted by molar-refractivity contribution is 0.262. The molecule has 2 amide bonds. The molecule has 0 spiro atoms. The van der Waals surface area contributed by atoms with E-state index in [1.54, 1.807) is 60.7 Å². The topological polar surface area (TPSA) is 107 Å². The van der Waals surface area contributed by atoms with E-state index in [0.717, 1.165) is 11.1 Å². The third-order valence-corrected chi connectivity index (χ3v) is 5.35. The molecular formula is C29H22N4O3. The number of ether oxygens (including phenoxy) is 2. The van der Waals surface area contributed by atoms with Crippen molar-refractivity contribution in [3.63, 3.8) is 0 Å². The molecule has 0 bridgehead atoms. The summed E-state index contributed by atoms with van der Waals surface area (Å²) in [6, 6.07) is 28.1. The van der Waals surface area contributed by atoms with Gasteiger partial charge in [0.1, 0.15) is 23.0 Å². The third-order valence-electron chi connectivity index (χ3n) is 5.35. The van der Waals surface area contributed by atoms with Crippen LogP contribution in [0.5, 0.6) is 23.0 Å². The van der Waals surface area contributed by atoms with E-state index in [1.807, 2.05) is 38.1 Å². The number of carbonyl (C=O) groups is 1. The van der Waals surface area contributed by atoms with Crippen molar-refractivity contribution in [2.45, 2.75) is 13.8 Å². The Morgan fingerprint density at radius 3 is 1.33 bits per heavy atom. The van der Waals surface area contributed by atoms with E-state index >= 15 is 0 Å². The molecule has 2 N–H and O–H groups in total. The van der Waals surface area contributed by atoms with Crippen molar-refractivity contribution in [3.05, 3.63) is 107 Å². The number of amides is 2. The van der Waals surface area contributed by atoms with Gasteiger partial charge < -0.3 is 20.1 Å². The van der Waals surface area contributed by atoms with Gasteiger partial charge >= 0.3 is 6.03 Å². The van der Waals surface area contributed by atoms with Gasteiger partial charge in [0.25, 0.3) is 0 Å². The average Bonchev–Trinajstić information content (AvgIpc) is 2.89. The first-order chi connectivity index (χ1) is 17.4. The van der Waals surface area contributed by atoms with Gasteiger partial charge in [-0.3, -0.25) is 0 Å². The number of hydrogen-bond acceptors (Lipinski definition) is 5. The van der Waals surface area contributed by atoms with E-state index in [4.69, 9.17) is 20.0 Å². The highest BCUT2D eigenvalue weighted by Gasteiger charge is 2.10. The first-order valence-corrected chi connectivity index (χ1v) is 11.1. The molecule has 0 aromatic heterocycles. The second-order valence-corrected chi connectivity index (χ2v) is 8.01. The fourth-order valence-corrected chi connectivity index (χ4v) is 3.34. The molecule has 7 heteroatoms. The summed E-state index contributed by atoms with van der Waals surface area (Å²) in [5.74, 6) is 2.27. The van der Waals surface area contributed by atoms with Gasteiger partial charge in [0.2, 0.25) is 0 Å². The second-order valence-electron chi connectivity index (χ2n) is 8.01. The molecule has 0 radical (unpaired) electrons. The van der Waals surface area contributed by atoms with Gasteiger partial charge in [0.05, 0.1) is 23.3 Å².